The largest absolute Gasteiger partial charge is 1.00 e. The third-order valence-corrected chi connectivity index (χ3v) is 18.0. The SMILES string of the molecule is CCO.CCO.CCOC(=O)CN.CCOC(=O)CNC(=CC1=NCCc2c(OC)cccc21)c1cccc(OC)c1.CCOCC.CC[O-].COc1cccc(C#N)c1.COc1cccc(C(N)=CC2=NCCc3c(OC)cccc32)c1.COc1cccc(C2=NCC(=O)N3CCc4c(OC)cccc4C3=C2)c1.COc1cccc2c1CCN=C2C.[Na+]. The number of amides is 1. The third kappa shape index (κ3) is 34.7. The number of nitriles is 1. The first-order chi connectivity index (χ1) is 59.2. The van der Waals surface area contributed by atoms with E-state index in [-0.39, 0.29) is 86.9 Å². The second-order valence-corrected chi connectivity index (χ2v) is 25.8. The second kappa shape index (κ2) is 60.8. The van der Waals surface area contributed by atoms with Crippen molar-refractivity contribution < 1.29 is 111 Å². The second-order valence-electron chi connectivity index (χ2n) is 25.8. The molecule has 0 aliphatic carbocycles. The van der Waals surface area contributed by atoms with E-state index in [2.05, 4.69) is 44.1 Å². The Morgan fingerprint density at radius 1 is 0.520 bits per heavy atom. The fraction of sp³-hybridized carbons (Fsp3) is 0.354. The number of rotatable bonds is 21. The summed E-state index contributed by atoms with van der Waals surface area (Å²) in [6.45, 7) is 20.6. The van der Waals surface area contributed by atoms with Crippen LogP contribution in [-0.4, -0.2) is 205 Å². The van der Waals surface area contributed by atoms with Crippen LogP contribution < -0.4 is 89.3 Å². The number of allylic oxidation sites excluding steroid dienone is 3. The number of hydrogen-bond donors (Lipinski definition) is 5. The molecule has 13 rings (SSSR count). The minimum absolute atomic E-state index is 0. The first kappa shape index (κ1) is 106. The molecule has 123 heavy (non-hydrogen) atoms. The normalized spacial score (nSPS) is 12.6. The van der Waals surface area contributed by atoms with Crippen molar-refractivity contribution in [1.29, 1.82) is 5.26 Å². The van der Waals surface area contributed by atoms with E-state index in [1.807, 2.05) is 177 Å². The van der Waals surface area contributed by atoms with Crippen molar-refractivity contribution >= 4 is 57.8 Å². The number of aliphatic hydroxyl groups is 2. The van der Waals surface area contributed by atoms with Gasteiger partial charge in [0.25, 0.3) is 0 Å². The van der Waals surface area contributed by atoms with Crippen molar-refractivity contribution in [3.05, 3.63) is 255 Å². The van der Waals surface area contributed by atoms with Crippen molar-refractivity contribution in [2.75, 3.05) is 149 Å². The molecule has 0 spiro atoms. The molecule has 5 heterocycles. The van der Waals surface area contributed by atoms with E-state index >= 15 is 0 Å². The number of nitrogens with two attached hydrogens (primary N) is 2. The Kier molecular flexibility index (Phi) is 52.2. The Morgan fingerprint density at radius 3 is 1.40 bits per heavy atom. The molecular weight excluding hydrogens is 1570 g/mol. The van der Waals surface area contributed by atoms with Crippen LogP contribution in [0.15, 0.2) is 208 Å². The Hall–Kier alpha value is -11.6. The summed E-state index contributed by atoms with van der Waals surface area (Å²) in [6.07, 6.45) is 9.37. The number of nitrogens with zero attached hydrogens (tertiary/aromatic N) is 6. The molecule has 0 aromatic heterocycles. The first-order valence-corrected chi connectivity index (χ1v) is 40.4. The van der Waals surface area contributed by atoms with Crippen LogP contribution in [0.5, 0.6) is 46.0 Å². The van der Waals surface area contributed by atoms with Gasteiger partial charge < -0.3 is 89.1 Å². The summed E-state index contributed by atoms with van der Waals surface area (Å²) in [5.41, 5.74) is 29.7. The molecule has 8 aromatic carbocycles. The monoisotopic (exact) mass is 1700 g/mol. The maximum atomic E-state index is 12.6. The van der Waals surface area contributed by atoms with Gasteiger partial charge >= 0.3 is 41.5 Å². The summed E-state index contributed by atoms with van der Waals surface area (Å²) in [6, 6.07) is 56.2. The van der Waals surface area contributed by atoms with Crippen molar-refractivity contribution in [1.82, 2.24) is 10.2 Å². The van der Waals surface area contributed by atoms with E-state index in [4.69, 9.17) is 84.4 Å². The van der Waals surface area contributed by atoms with Gasteiger partial charge in [-0.05, 0) is 171 Å². The van der Waals surface area contributed by atoms with Crippen LogP contribution in [0.4, 0.5) is 0 Å². The van der Waals surface area contributed by atoms with Gasteiger partial charge in [-0.25, -0.2) is 0 Å². The van der Waals surface area contributed by atoms with Crippen LogP contribution in [0, 0.1) is 11.3 Å². The van der Waals surface area contributed by atoms with Crippen LogP contribution in [0.3, 0.4) is 0 Å². The number of carbonyl (C=O) groups excluding carboxylic acids is 3. The number of benzene rings is 8. The van der Waals surface area contributed by atoms with Crippen LogP contribution in [-0.2, 0) is 54.3 Å². The van der Waals surface area contributed by atoms with Crippen molar-refractivity contribution in [3.8, 4) is 52.1 Å². The van der Waals surface area contributed by atoms with E-state index in [1.54, 1.807) is 116 Å². The zero-order chi connectivity index (χ0) is 89.6. The molecule has 8 aromatic rings. The molecule has 1 amide bonds. The molecule has 7 N–H and O–H groups in total. The zero-order valence-corrected chi connectivity index (χ0v) is 76.5. The average Bonchev–Trinajstić information content (AvgIpc) is 1.74. The molecule has 0 bridgehead atoms. The number of carbonyl (C=O) groups is 3. The van der Waals surface area contributed by atoms with Gasteiger partial charge in [0.15, 0.2) is 0 Å². The van der Waals surface area contributed by atoms with Crippen molar-refractivity contribution in [2.45, 2.75) is 81.1 Å². The number of nitrogens with one attached hydrogen (secondary N) is 1. The van der Waals surface area contributed by atoms with Crippen molar-refractivity contribution in [2.24, 2.45) is 31.4 Å². The Balaban J connectivity index is 0.000000384. The summed E-state index contributed by atoms with van der Waals surface area (Å²) >= 11 is 0. The number of aliphatic hydroxyl groups excluding tert-OH is 2. The predicted octanol–water partition coefficient (Wildman–Crippen LogP) is 9.77. The fourth-order valence-electron chi connectivity index (χ4n) is 12.5. The number of ether oxygens (including phenoxy) is 11. The van der Waals surface area contributed by atoms with Gasteiger partial charge in [0.05, 0.1) is 111 Å². The number of fused-ring (bicyclic) bond motifs is 6. The first-order valence-electron chi connectivity index (χ1n) is 40.4. The number of hydrogen-bond acceptors (Lipinski definition) is 25. The van der Waals surface area contributed by atoms with Gasteiger partial charge in [0, 0.05) is 131 Å². The Bertz CT molecular complexity index is 4840. The van der Waals surface area contributed by atoms with E-state index < -0.39 is 0 Å². The fourth-order valence-corrected chi connectivity index (χ4v) is 12.5. The summed E-state index contributed by atoms with van der Waals surface area (Å²) in [5.74, 6) is 5.99. The van der Waals surface area contributed by atoms with Crippen LogP contribution in [0.2, 0.25) is 0 Å². The molecule has 0 atom stereocenters. The number of aliphatic imine (C=N–C) groups is 4. The minimum Gasteiger partial charge on any atom is -0.855 e. The average molecular weight is 1700 g/mol. The quantitative estimate of drug-likeness (QED) is 0.0330. The molecule has 27 heteroatoms. The summed E-state index contributed by atoms with van der Waals surface area (Å²) in [7, 11) is 13.3. The maximum Gasteiger partial charge on any atom is 1.00 e. The van der Waals surface area contributed by atoms with Gasteiger partial charge in [-0.1, -0.05) is 97.9 Å². The van der Waals surface area contributed by atoms with Gasteiger partial charge in [-0.3, -0.25) is 34.4 Å². The van der Waals surface area contributed by atoms with Crippen LogP contribution in [0.25, 0.3) is 17.1 Å². The maximum absolute atomic E-state index is 12.6. The smallest absolute Gasteiger partial charge is 0.855 e. The van der Waals surface area contributed by atoms with E-state index in [0.29, 0.717) is 37.6 Å². The van der Waals surface area contributed by atoms with E-state index in [9.17, 15) is 14.4 Å². The molecule has 0 radical (unpaired) electrons. The van der Waals surface area contributed by atoms with Crippen LogP contribution in [0.1, 0.15) is 122 Å². The molecule has 26 nitrogen and oxygen atoms in total. The van der Waals surface area contributed by atoms with E-state index in [1.165, 1.54) is 16.7 Å². The van der Waals surface area contributed by atoms with E-state index in [0.717, 1.165) is 177 Å². The molecule has 0 saturated heterocycles. The number of methoxy groups -OCH3 is 8. The molecule has 0 unspecified atom stereocenters. The summed E-state index contributed by atoms with van der Waals surface area (Å²) < 4.78 is 56.9. The summed E-state index contributed by atoms with van der Waals surface area (Å²) in [5, 5.41) is 35.7. The summed E-state index contributed by atoms with van der Waals surface area (Å²) in [4.78, 5) is 54.7. The minimum atomic E-state index is -0.345. The molecule has 5 aliphatic rings. The molecule has 654 valence electrons. The predicted molar refractivity (Wildman–Crippen MR) is 483 cm³/mol. The molecular formula is C96H122N9NaO17. The Morgan fingerprint density at radius 2 is 0.935 bits per heavy atom. The molecule has 0 fully saturated rings. The standard InChI is InChI=1S/C23H26N2O4.C21H20N2O3.C19H20N2O2.C11H13NO.C8H7NO.C4H9NO2.C4H10O.2C2H6O.C2H5O.Na/c1-4-29-23(26)15-25-20(16-7-5-8-17(13-16)27-2)14-21-18-9-6-10-22(28-3)19(18)11-12-24-21;1-25-15-6-3-5-14(11-15)18-12-19-16-7-4-8-20(26-2)17(16)9-10-23(19)21(24)13-22-18;1-22-14-6-3-5-13(11-14)17(20)12-18-15-7-4-8-19(23-2)16(15)9-10-21-18;1-8-9-4-3-5-11(13-2)10(9)6-7-12-8;1-10-8-4-2-3-7(5-8)6-9;1-2-7-4(6)3-5;1-3-5-4-2;3*1-2-3;/h5-10,13-14,25H,4,11-12,15H2,1-3H3;3-8,11-12H,9-10,13H2,1-2H3;3-8,11-12H,9-10,20H2,1-2H3;3-5H,6-7H2,1-2H3;2-5H,1H3;2-3,5H2,1H3;3-4H2,1-2H3;2*3H,2H2,1H3;2H2,1H3;/q;;;;;;;;;-1;+1. The molecule has 5 aliphatic heterocycles. The molecule has 0 saturated carbocycles. The van der Waals surface area contributed by atoms with Gasteiger partial charge in [-0.2, -0.15) is 5.26 Å². The Labute approximate surface area is 748 Å². The zero-order valence-electron chi connectivity index (χ0n) is 74.5. The topological polar surface area (TPSA) is 357 Å². The van der Waals surface area contributed by atoms with Gasteiger partial charge in [0.1, 0.15) is 59.1 Å². The van der Waals surface area contributed by atoms with Gasteiger partial charge in [-0.15, -0.1) is 6.61 Å². The van der Waals surface area contributed by atoms with Gasteiger partial charge in [0.2, 0.25) is 5.91 Å². The number of esters is 2. The van der Waals surface area contributed by atoms with Crippen molar-refractivity contribution in [3.63, 3.8) is 0 Å². The van der Waals surface area contributed by atoms with Crippen LogP contribution >= 0.6 is 0 Å². The third-order valence-electron chi connectivity index (χ3n) is 18.0.